The van der Waals surface area contributed by atoms with Crippen molar-refractivity contribution < 1.29 is 9.53 Å². The molecule has 1 amide bonds. The molecule has 0 bridgehead atoms. The number of nitrogens with two attached hydrogens (primary N) is 1. The third-order valence-corrected chi connectivity index (χ3v) is 5.05. The summed E-state index contributed by atoms with van der Waals surface area (Å²) in [6, 6.07) is 7.73. The van der Waals surface area contributed by atoms with E-state index in [0.29, 0.717) is 35.7 Å². The van der Waals surface area contributed by atoms with Gasteiger partial charge in [0.15, 0.2) is 0 Å². The topological polar surface area (TPSA) is 127 Å². The minimum absolute atomic E-state index is 0.181. The number of nitriles is 1. The lowest BCUT2D eigenvalue weighted by Crippen LogP contribution is -2.15. The fraction of sp³-hybridized carbons (Fsp3) is 0.286. The first kappa shape index (κ1) is 18.8. The minimum atomic E-state index is -0.255. The van der Waals surface area contributed by atoms with E-state index in [-0.39, 0.29) is 17.7 Å². The standard InChI is InChI=1S/C21H20N6O2/c1-29-5-3-12-2-4-24-10-16(12)18-7-13-8-19(25-11-17(13)20(23)26-18)27-21(28)15-6-14(15)9-22/h2,4,7-8,10-11,14-15H,3,5-6H2,1H3,(H2,23,26)(H,25,27,28)/t14-,15+/m0/s1. The largest absolute Gasteiger partial charge is 0.384 e. The molecule has 8 heteroatoms. The van der Waals surface area contributed by atoms with Gasteiger partial charge in [0.25, 0.3) is 0 Å². The van der Waals surface area contributed by atoms with Crippen LogP contribution in [0.5, 0.6) is 0 Å². The van der Waals surface area contributed by atoms with Gasteiger partial charge < -0.3 is 15.8 Å². The molecule has 0 aromatic carbocycles. The predicted octanol–water partition coefficient (Wildman–Crippen LogP) is 2.56. The number of carbonyl (C=O) groups is 1. The SMILES string of the molecule is COCCc1ccncc1-c1cc2cc(NC(=O)[C@@H]3C[C@H]3C#N)ncc2c(N)n1. The number of aromatic nitrogens is 3. The minimum Gasteiger partial charge on any atom is -0.384 e. The Morgan fingerprint density at radius 3 is 3.03 bits per heavy atom. The number of hydrogen-bond donors (Lipinski definition) is 2. The Labute approximate surface area is 167 Å². The molecule has 3 aromatic heterocycles. The van der Waals surface area contributed by atoms with Crippen molar-refractivity contribution in [1.29, 1.82) is 5.26 Å². The highest BCUT2D eigenvalue weighted by molar-refractivity contribution is 5.98. The number of nitrogens with one attached hydrogen (secondary N) is 1. The van der Waals surface area contributed by atoms with Crippen LogP contribution in [-0.4, -0.2) is 34.6 Å². The Bertz CT molecular complexity index is 1120. The quantitative estimate of drug-likeness (QED) is 0.664. The maximum absolute atomic E-state index is 12.2. The van der Waals surface area contributed by atoms with Crippen LogP contribution in [0.15, 0.2) is 36.8 Å². The normalized spacial score (nSPS) is 17.7. The number of nitrogens with zero attached hydrogens (tertiary/aromatic N) is 4. The molecular formula is C21H20N6O2. The molecule has 1 aliphatic carbocycles. The highest BCUT2D eigenvalue weighted by atomic mass is 16.5. The number of hydrogen-bond acceptors (Lipinski definition) is 7. The second-order valence-electron chi connectivity index (χ2n) is 7.03. The summed E-state index contributed by atoms with van der Waals surface area (Å²) in [5.74, 6) is 0.150. The zero-order valence-electron chi connectivity index (χ0n) is 15.9. The third kappa shape index (κ3) is 3.86. The maximum atomic E-state index is 12.2. The molecule has 29 heavy (non-hydrogen) atoms. The van der Waals surface area contributed by atoms with Gasteiger partial charge in [-0.3, -0.25) is 9.78 Å². The fourth-order valence-electron chi connectivity index (χ4n) is 3.31. The number of fused-ring (bicyclic) bond motifs is 1. The van der Waals surface area contributed by atoms with Gasteiger partial charge in [0.05, 0.1) is 30.2 Å². The number of pyridine rings is 3. The number of ether oxygens (including phenoxy) is 1. The molecule has 3 N–H and O–H groups in total. The van der Waals surface area contributed by atoms with Crippen molar-refractivity contribution >= 4 is 28.3 Å². The monoisotopic (exact) mass is 388 g/mol. The van der Waals surface area contributed by atoms with Crippen LogP contribution in [0.4, 0.5) is 11.6 Å². The van der Waals surface area contributed by atoms with Crippen LogP contribution >= 0.6 is 0 Å². The Morgan fingerprint density at radius 2 is 2.28 bits per heavy atom. The van der Waals surface area contributed by atoms with E-state index in [2.05, 4.69) is 26.3 Å². The molecule has 1 fully saturated rings. The molecule has 3 heterocycles. The summed E-state index contributed by atoms with van der Waals surface area (Å²) in [4.78, 5) is 25.2. The zero-order chi connectivity index (χ0) is 20.4. The molecule has 146 valence electrons. The molecule has 0 unspecified atom stereocenters. The second-order valence-corrected chi connectivity index (χ2v) is 7.03. The number of carbonyl (C=O) groups excluding carboxylic acids is 1. The van der Waals surface area contributed by atoms with Gasteiger partial charge in [0.2, 0.25) is 5.91 Å². The predicted molar refractivity (Wildman–Crippen MR) is 109 cm³/mol. The van der Waals surface area contributed by atoms with E-state index in [4.69, 9.17) is 15.7 Å². The van der Waals surface area contributed by atoms with Gasteiger partial charge in [-0.15, -0.1) is 0 Å². The van der Waals surface area contributed by atoms with Crippen molar-refractivity contribution in [1.82, 2.24) is 15.0 Å². The summed E-state index contributed by atoms with van der Waals surface area (Å²) in [5.41, 5.74) is 8.82. The number of rotatable bonds is 6. The third-order valence-electron chi connectivity index (χ3n) is 5.05. The lowest BCUT2D eigenvalue weighted by molar-refractivity contribution is -0.117. The van der Waals surface area contributed by atoms with E-state index in [0.717, 1.165) is 22.9 Å². The van der Waals surface area contributed by atoms with Crippen LogP contribution in [0.3, 0.4) is 0 Å². The Hall–Kier alpha value is -3.57. The number of methoxy groups -OCH3 is 1. The van der Waals surface area contributed by atoms with Crippen LogP contribution < -0.4 is 11.1 Å². The Kier molecular flexibility index (Phi) is 5.06. The highest BCUT2D eigenvalue weighted by Crippen LogP contribution is 2.38. The van der Waals surface area contributed by atoms with E-state index in [1.807, 2.05) is 12.1 Å². The van der Waals surface area contributed by atoms with Crippen molar-refractivity contribution in [2.45, 2.75) is 12.8 Å². The molecule has 3 aromatic rings. The van der Waals surface area contributed by atoms with Gasteiger partial charge in [0, 0.05) is 36.7 Å². The smallest absolute Gasteiger partial charge is 0.230 e. The zero-order valence-corrected chi connectivity index (χ0v) is 15.9. The lowest BCUT2D eigenvalue weighted by Gasteiger charge is -2.11. The van der Waals surface area contributed by atoms with Crippen LogP contribution in [-0.2, 0) is 16.0 Å². The number of nitrogen functional groups attached to an aromatic ring is 1. The van der Waals surface area contributed by atoms with Crippen LogP contribution in [0, 0.1) is 23.2 Å². The summed E-state index contributed by atoms with van der Waals surface area (Å²) < 4.78 is 5.19. The Balaban J connectivity index is 1.67. The van der Waals surface area contributed by atoms with E-state index in [9.17, 15) is 4.79 Å². The first-order valence-corrected chi connectivity index (χ1v) is 9.29. The summed E-state index contributed by atoms with van der Waals surface area (Å²) in [5, 5.41) is 13.2. The maximum Gasteiger partial charge on any atom is 0.230 e. The van der Waals surface area contributed by atoms with Crippen molar-refractivity contribution in [2.24, 2.45) is 11.8 Å². The molecular weight excluding hydrogens is 368 g/mol. The van der Waals surface area contributed by atoms with Gasteiger partial charge in [-0.2, -0.15) is 5.26 Å². The molecule has 1 aliphatic rings. The van der Waals surface area contributed by atoms with Crippen LogP contribution in [0.2, 0.25) is 0 Å². The van der Waals surface area contributed by atoms with Crippen molar-refractivity contribution in [3.8, 4) is 17.3 Å². The molecule has 1 saturated carbocycles. The van der Waals surface area contributed by atoms with E-state index in [1.165, 1.54) is 0 Å². The van der Waals surface area contributed by atoms with Crippen LogP contribution in [0.1, 0.15) is 12.0 Å². The summed E-state index contributed by atoms with van der Waals surface area (Å²) in [6.07, 6.45) is 6.43. The van der Waals surface area contributed by atoms with E-state index in [1.54, 1.807) is 31.8 Å². The lowest BCUT2D eigenvalue weighted by atomic mass is 10.0. The average molecular weight is 388 g/mol. The van der Waals surface area contributed by atoms with Gasteiger partial charge in [-0.1, -0.05) is 0 Å². The number of anilines is 2. The molecule has 4 rings (SSSR count). The number of amides is 1. The molecule has 0 aliphatic heterocycles. The average Bonchev–Trinajstić information content (AvgIpc) is 3.52. The van der Waals surface area contributed by atoms with Crippen molar-refractivity contribution in [3.05, 3.63) is 42.4 Å². The molecule has 0 radical (unpaired) electrons. The van der Waals surface area contributed by atoms with Gasteiger partial charge in [-0.05, 0) is 42.0 Å². The molecule has 2 atom stereocenters. The Morgan fingerprint density at radius 1 is 1.41 bits per heavy atom. The fourth-order valence-corrected chi connectivity index (χ4v) is 3.31. The molecule has 0 saturated heterocycles. The van der Waals surface area contributed by atoms with E-state index < -0.39 is 0 Å². The first-order valence-electron chi connectivity index (χ1n) is 9.29. The molecule has 0 spiro atoms. The van der Waals surface area contributed by atoms with Crippen molar-refractivity contribution in [2.75, 3.05) is 24.8 Å². The van der Waals surface area contributed by atoms with Crippen molar-refractivity contribution in [3.63, 3.8) is 0 Å². The summed E-state index contributed by atoms with van der Waals surface area (Å²) in [6.45, 7) is 0.588. The first-order chi connectivity index (χ1) is 14.1. The van der Waals surface area contributed by atoms with Gasteiger partial charge >= 0.3 is 0 Å². The second kappa shape index (κ2) is 7.81. The van der Waals surface area contributed by atoms with Gasteiger partial charge in [0.1, 0.15) is 11.6 Å². The summed E-state index contributed by atoms with van der Waals surface area (Å²) in [7, 11) is 1.66. The highest BCUT2D eigenvalue weighted by Gasteiger charge is 2.43. The van der Waals surface area contributed by atoms with Crippen LogP contribution in [0.25, 0.3) is 22.0 Å². The van der Waals surface area contributed by atoms with E-state index >= 15 is 0 Å². The van der Waals surface area contributed by atoms with Gasteiger partial charge in [-0.25, -0.2) is 9.97 Å². The molecule has 8 nitrogen and oxygen atoms in total. The summed E-state index contributed by atoms with van der Waals surface area (Å²) >= 11 is 0.